The van der Waals surface area contributed by atoms with Crippen LogP contribution in [-0.2, 0) is 11.3 Å². The Bertz CT molecular complexity index is 736. The number of nitrogens with zero attached hydrogens (tertiary/aromatic N) is 2. The van der Waals surface area contributed by atoms with Crippen molar-refractivity contribution in [2.45, 2.75) is 31.8 Å². The van der Waals surface area contributed by atoms with Crippen LogP contribution in [0.15, 0.2) is 34.9 Å². The Hall–Kier alpha value is -1.27. The fraction of sp³-hybridized carbons (Fsp3) is 0.526. The zero-order valence-corrected chi connectivity index (χ0v) is 16.4. The third kappa shape index (κ3) is 4.17. The summed E-state index contributed by atoms with van der Waals surface area (Å²) in [4.78, 5) is 16.7. The van der Waals surface area contributed by atoms with Crippen LogP contribution in [0.3, 0.4) is 0 Å². The maximum atomic E-state index is 12.2. The molecule has 2 aliphatic rings. The predicted molar refractivity (Wildman–Crippen MR) is 108 cm³/mol. The van der Waals surface area contributed by atoms with E-state index in [4.69, 9.17) is 10.2 Å². The number of carbonyl (C=O) groups is 1. The zero-order chi connectivity index (χ0) is 16.5. The fourth-order valence-corrected chi connectivity index (χ4v) is 4.37. The van der Waals surface area contributed by atoms with Gasteiger partial charge in [0.1, 0.15) is 5.58 Å². The Morgan fingerprint density at radius 3 is 2.85 bits per heavy atom. The molecule has 1 aromatic carbocycles. The number of hydrogen-bond acceptors (Lipinski definition) is 4. The van der Waals surface area contributed by atoms with Crippen molar-refractivity contribution in [3.63, 3.8) is 0 Å². The molecule has 0 aliphatic carbocycles. The van der Waals surface area contributed by atoms with Crippen molar-refractivity contribution in [2.75, 3.05) is 26.2 Å². The Balaban J connectivity index is 0.00000121. The molecule has 0 bridgehead atoms. The molecule has 4 rings (SSSR count). The molecule has 3 heterocycles. The number of piperidine rings is 2. The van der Waals surface area contributed by atoms with Crippen molar-refractivity contribution in [1.82, 2.24) is 9.80 Å². The molecular formula is C19H27Cl2N3O2. The molecule has 1 amide bonds. The fourth-order valence-electron chi connectivity index (χ4n) is 4.37. The molecule has 2 atom stereocenters. The second-order valence-corrected chi connectivity index (χ2v) is 7.06. The summed E-state index contributed by atoms with van der Waals surface area (Å²) in [5.41, 5.74) is 7.97. The van der Waals surface area contributed by atoms with Crippen LogP contribution in [0.25, 0.3) is 11.0 Å². The van der Waals surface area contributed by atoms with Crippen molar-refractivity contribution in [3.8, 4) is 0 Å². The Morgan fingerprint density at radius 1 is 1.19 bits per heavy atom. The summed E-state index contributed by atoms with van der Waals surface area (Å²) in [6, 6.07) is 8.84. The van der Waals surface area contributed by atoms with Crippen molar-refractivity contribution in [2.24, 2.45) is 11.7 Å². The number of halogens is 2. The monoisotopic (exact) mass is 399 g/mol. The van der Waals surface area contributed by atoms with Gasteiger partial charge in [-0.15, -0.1) is 24.8 Å². The van der Waals surface area contributed by atoms with E-state index in [1.807, 2.05) is 11.0 Å². The lowest BCUT2D eigenvalue weighted by molar-refractivity contribution is -0.140. The van der Waals surface area contributed by atoms with Crippen LogP contribution in [0, 0.1) is 5.92 Å². The van der Waals surface area contributed by atoms with Gasteiger partial charge in [0.05, 0.1) is 6.26 Å². The summed E-state index contributed by atoms with van der Waals surface area (Å²) < 4.78 is 5.42. The van der Waals surface area contributed by atoms with Gasteiger partial charge in [-0.05, 0) is 42.5 Å². The Kier molecular flexibility index (Phi) is 7.35. The summed E-state index contributed by atoms with van der Waals surface area (Å²) in [7, 11) is 0. The van der Waals surface area contributed by atoms with Crippen molar-refractivity contribution < 1.29 is 9.21 Å². The molecule has 2 N–H and O–H groups in total. The minimum atomic E-state index is 0. The molecule has 2 aliphatic heterocycles. The summed E-state index contributed by atoms with van der Waals surface area (Å²) >= 11 is 0. The normalized spacial score (nSPS) is 23.3. The first-order valence-electron chi connectivity index (χ1n) is 8.92. The average molecular weight is 400 g/mol. The number of benzene rings is 1. The van der Waals surface area contributed by atoms with Gasteiger partial charge in [-0.2, -0.15) is 0 Å². The molecule has 26 heavy (non-hydrogen) atoms. The maximum absolute atomic E-state index is 12.2. The second-order valence-electron chi connectivity index (χ2n) is 7.06. The quantitative estimate of drug-likeness (QED) is 0.857. The minimum absolute atomic E-state index is 0. The van der Waals surface area contributed by atoms with Crippen molar-refractivity contribution >= 4 is 41.7 Å². The van der Waals surface area contributed by atoms with E-state index in [1.165, 1.54) is 10.9 Å². The van der Waals surface area contributed by atoms with Gasteiger partial charge in [0.2, 0.25) is 5.91 Å². The molecule has 1 aromatic heterocycles. The lowest BCUT2D eigenvalue weighted by Gasteiger charge is -2.47. The van der Waals surface area contributed by atoms with E-state index >= 15 is 0 Å². The van der Waals surface area contributed by atoms with E-state index in [0.717, 1.165) is 38.1 Å². The third-order valence-corrected chi connectivity index (χ3v) is 5.52. The number of rotatable bonds is 4. The van der Waals surface area contributed by atoms with Crippen molar-refractivity contribution in [1.29, 1.82) is 0 Å². The minimum Gasteiger partial charge on any atom is -0.464 e. The highest BCUT2D eigenvalue weighted by Crippen LogP contribution is 2.31. The number of amides is 1. The molecule has 7 heteroatoms. The van der Waals surface area contributed by atoms with Gasteiger partial charge in [0, 0.05) is 50.6 Å². The van der Waals surface area contributed by atoms with Gasteiger partial charge in [-0.1, -0.05) is 6.07 Å². The third-order valence-electron chi connectivity index (χ3n) is 5.52. The summed E-state index contributed by atoms with van der Waals surface area (Å²) in [6.45, 7) is 4.34. The van der Waals surface area contributed by atoms with E-state index in [-0.39, 0.29) is 24.8 Å². The molecular weight excluding hydrogens is 373 g/mol. The summed E-state index contributed by atoms with van der Waals surface area (Å²) in [5, 5.41) is 1.17. The largest absolute Gasteiger partial charge is 0.464 e. The number of furan rings is 1. The van der Waals surface area contributed by atoms with E-state index in [0.29, 0.717) is 37.4 Å². The lowest BCUT2D eigenvalue weighted by Crippen LogP contribution is -2.56. The molecule has 0 saturated carbocycles. The van der Waals surface area contributed by atoms with Gasteiger partial charge < -0.3 is 15.1 Å². The van der Waals surface area contributed by atoms with Gasteiger partial charge in [-0.3, -0.25) is 9.69 Å². The van der Waals surface area contributed by atoms with Gasteiger partial charge >= 0.3 is 0 Å². The Labute approximate surface area is 166 Å². The zero-order valence-electron chi connectivity index (χ0n) is 14.8. The van der Waals surface area contributed by atoms with E-state index in [1.54, 1.807) is 6.26 Å². The molecule has 0 unspecified atom stereocenters. The summed E-state index contributed by atoms with van der Waals surface area (Å²) in [5.74, 6) is 0.876. The van der Waals surface area contributed by atoms with Crippen LogP contribution in [0.5, 0.6) is 0 Å². The van der Waals surface area contributed by atoms with Gasteiger partial charge in [0.25, 0.3) is 0 Å². The van der Waals surface area contributed by atoms with Gasteiger partial charge in [0.15, 0.2) is 0 Å². The first kappa shape index (κ1) is 21.0. The molecule has 0 spiro atoms. The highest BCUT2D eigenvalue weighted by atomic mass is 35.5. The standard InChI is InChI=1S/C19H25N3O2.2ClH/c20-7-9-22-17-5-8-21(13-16(17)2-4-19(22)23)12-14-1-3-18-15(11-14)6-10-24-18;;/h1,3,6,10-11,16-17H,2,4-5,7-9,12-13,20H2;2*1H/t16-,17+;;/m0../s1. The van der Waals surface area contributed by atoms with Crippen LogP contribution >= 0.6 is 24.8 Å². The highest BCUT2D eigenvalue weighted by Gasteiger charge is 2.38. The average Bonchev–Trinajstić information content (AvgIpc) is 3.05. The summed E-state index contributed by atoms with van der Waals surface area (Å²) in [6.07, 6.45) is 4.49. The van der Waals surface area contributed by atoms with Crippen LogP contribution in [0.1, 0.15) is 24.8 Å². The molecule has 144 valence electrons. The Morgan fingerprint density at radius 2 is 2.04 bits per heavy atom. The first-order chi connectivity index (χ1) is 11.7. The topological polar surface area (TPSA) is 62.7 Å². The van der Waals surface area contributed by atoms with Crippen LogP contribution in [0.4, 0.5) is 0 Å². The molecule has 5 nitrogen and oxygen atoms in total. The lowest BCUT2D eigenvalue weighted by atomic mass is 9.83. The van der Waals surface area contributed by atoms with Crippen LogP contribution < -0.4 is 5.73 Å². The van der Waals surface area contributed by atoms with Crippen LogP contribution in [-0.4, -0.2) is 47.9 Å². The van der Waals surface area contributed by atoms with Crippen LogP contribution in [0.2, 0.25) is 0 Å². The van der Waals surface area contributed by atoms with Gasteiger partial charge in [-0.25, -0.2) is 0 Å². The number of hydrogen-bond donors (Lipinski definition) is 1. The highest BCUT2D eigenvalue weighted by molar-refractivity contribution is 5.85. The molecule has 2 fully saturated rings. The number of carbonyl (C=O) groups excluding carboxylic acids is 1. The van der Waals surface area contributed by atoms with E-state index in [2.05, 4.69) is 23.1 Å². The molecule has 2 aromatic rings. The van der Waals surface area contributed by atoms with E-state index in [9.17, 15) is 4.79 Å². The maximum Gasteiger partial charge on any atom is 0.222 e. The van der Waals surface area contributed by atoms with Crippen molar-refractivity contribution in [3.05, 3.63) is 36.1 Å². The smallest absolute Gasteiger partial charge is 0.222 e. The number of likely N-dealkylation sites (tertiary alicyclic amines) is 2. The SMILES string of the molecule is Cl.Cl.NCCN1C(=O)CC[C@H]2CN(Cc3ccc4occc4c3)CC[C@H]21. The molecule has 2 saturated heterocycles. The second kappa shape index (κ2) is 9.09. The number of fused-ring (bicyclic) bond motifs is 2. The predicted octanol–water partition coefficient (Wildman–Crippen LogP) is 3.05. The first-order valence-corrected chi connectivity index (χ1v) is 8.92. The molecule has 0 radical (unpaired) electrons. The number of nitrogens with two attached hydrogens (primary N) is 1. The van der Waals surface area contributed by atoms with E-state index < -0.39 is 0 Å².